The Hall–Kier alpha value is -1.94. The van der Waals surface area contributed by atoms with Crippen LogP contribution in [0.1, 0.15) is 349 Å². The van der Waals surface area contributed by atoms with Crippen LogP contribution in [-0.4, -0.2) is 96.7 Å². The molecule has 0 aliphatic carbocycles. The highest BCUT2D eigenvalue weighted by Gasteiger charge is 2.30. The lowest BCUT2D eigenvalue weighted by Gasteiger charge is -2.21. The molecule has 0 spiro atoms. The zero-order valence-corrected chi connectivity index (χ0v) is 57.1. The van der Waals surface area contributed by atoms with Crippen LogP contribution in [0.3, 0.4) is 0 Å². The van der Waals surface area contributed by atoms with Gasteiger partial charge in [-0.3, -0.25) is 37.3 Å². The lowest BCUT2D eigenvalue weighted by Crippen LogP contribution is -2.30. The van der Waals surface area contributed by atoms with Crippen molar-refractivity contribution in [2.24, 2.45) is 0 Å². The average molecular weight is 1270 g/mol. The number of carbonyl (C=O) groups is 4. The molecule has 0 saturated heterocycles. The number of esters is 4. The first-order valence-corrected chi connectivity index (χ1v) is 38.3. The third-order valence-electron chi connectivity index (χ3n) is 15.6. The van der Waals surface area contributed by atoms with E-state index in [-0.39, 0.29) is 25.7 Å². The first-order chi connectivity index (χ1) is 41.7. The predicted octanol–water partition coefficient (Wildman–Crippen LogP) is 19.1. The van der Waals surface area contributed by atoms with Gasteiger partial charge < -0.3 is 33.8 Å². The Kier molecular flexibility index (Phi) is 60.5. The minimum atomic E-state index is -4.95. The number of aliphatic hydroxyl groups is 1. The van der Waals surface area contributed by atoms with E-state index in [0.717, 1.165) is 96.3 Å². The summed E-state index contributed by atoms with van der Waals surface area (Å²) in [6.07, 6.45) is 48.5. The molecule has 510 valence electrons. The number of phosphoric ester groups is 2. The molecule has 2 unspecified atom stereocenters. The molecular formula is C67H130O17P2. The molecule has 0 rings (SSSR count). The Bertz CT molecular complexity index is 1650. The predicted molar refractivity (Wildman–Crippen MR) is 345 cm³/mol. The molecule has 0 saturated carbocycles. The van der Waals surface area contributed by atoms with Crippen LogP contribution >= 0.6 is 15.6 Å². The minimum Gasteiger partial charge on any atom is -0.462 e. The second kappa shape index (κ2) is 61.9. The number of aliphatic hydroxyl groups excluding tert-OH is 1. The van der Waals surface area contributed by atoms with E-state index in [1.807, 2.05) is 0 Å². The Morgan fingerprint density at radius 3 is 0.686 bits per heavy atom. The third-order valence-corrected chi connectivity index (χ3v) is 17.5. The number of ether oxygens (including phenoxy) is 4. The van der Waals surface area contributed by atoms with Crippen LogP contribution in [0.5, 0.6) is 0 Å². The number of unbranched alkanes of at least 4 members (excludes halogenated alkanes) is 42. The summed E-state index contributed by atoms with van der Waals surface area (Å²) >= 11 is 0. The summed E-state index contributed by atoms with van der Waals surface area (Å²) in [7, 11) is -9.89. The van der Waals surface area contributed by atoms with Crippen molar-refractivity contribution in [1.82, 2.24) is 0 Å². The molecule has 0 bridgehead atoms. The van der Waals surface area contributed by atoms with E-state index in [1.54, 1.807) is 0 Å². The van der Waals surface area contributed by atoms with Crippen LogP contribution in [0, 0.1) is 0 Å². The van der Waals surface area contributed by atoms with Gasteiger partial charge in [0.25, 0.3) is 0 Å². The van der Waals surface area contributed by atoms with Gasteiger partial charge in [0, 0.05) is 25.7 Å². The Morgan fingerprint density at radius 1 is 0.279 bits per heavy atom. The van der Waals surface area contributed by atoms with Crippen LogP contribution in [-0.2, 0) is 65.4 Å². The molecular weight excluding hydrogens is 1140 g/mol. The molecule has 0 amide bonds. The molecule has 0 aliphatic heterocycles. The Balaban J connectivity index is 5.21. The van der Waals surface area contributed by atoms with Gasteiger partial charge in [0.2, 0.25) is 0 Å². The number of carbonyl (C=O) groups excluding carboxylic acids is 4. The molecule has 0 aromatic carbocycles. The third kappa shape index (κ3) is 60.9. The molecule has 3 N–H and O–H groups in total. The lowest BCUT2D eigenvalue weighted by molar-refractivity contribution is -0.161. The summed E-state index contributed by atoms with van der Waals surface area (Å²) in [5.74, 6) is -2.13. The van der Waals surface area contributed by atoms with Crippen molar-refractivity contribution in [2.45, 2.75) is 367 Å². The highest BCUT2D eigenvalue weighted by Crippen LogP contribution is 2.45. The van der Waals surface area contributed by atoms with Crippen LogP contribution in [0.15, 0.2) is 0 Å². The minimum absolute atomic E-state index is 0.107. The zero-order chi connectivity index (χ0) is 63.3. The largest absolute Gasteiger partial charge is 0.472 e. The second-order valence-corrected chi connectivity index (χ2v) is 27.1. The first kappa shape index (κ1) is 84.1. The maximum absolute atomic E-state index is 13.0. The SMILES string of the molecule is CCCCCCCCCCCCCCCCC(=O)OC[C@H](COP(=O)(O)OC[C@@H](O)COP(=O)(O)OC[C@@H](COC(=O)CCCCCCCCCC)OC(=O)CCCCCCCCCCCC)OC(=O)CCCCCCCCCCCCCCCC. The van der Waals surface area contributed by atoms with Crippen LogP contribution in [0.25, 0.3) is 0 Å². The Labute approximate surface area is 524 Å². The number of phosphoric acid groups is 2. The van der Waals surface area contributed by atoms with Gasteiger partial charge in [0.15, 0.2) is 12.2 Å². The first-order valence-electron chi connectivity index (χ1n) is 35.3. The van der Waals surface area contributed by atoms with Gasteiger partial charge in [0.05, 0.1) is 26.4 Å². The fourth-order valence-corrected chi connectivity index (χ4v) is 11.7. The van der Waals surface area contributed by atoms with Crippen molar-refractivity contribution >= 4 is 39.5 Å². The zero-order valence-electron chi connectivity index (χ0n) is 55.3. The van der Waals surface area contributed by atoms with Crippen molar-refractivity contribution in [3.63, 3.8) is 0 Å². The van der Waals surface area contributed by atoms with Gasteiger partial charge in [-0.2, -0.15) is 0 Å². The molecule has 0 aromatic rings. The van der Waals surface area contributed by atoms with Crippen molar-refractivity contribution in [3.8, 4) is 0 Å². The summed E-state index contributed by atoms with van der Waals surface area (Å²) in [5, 5.41) is 10.6. The quantitative estimate of drug-likeness (QED) is 0.0222. The fraction of sp³-hybridized carbons (Fsp3) is 0.940. The molecule has 5 atom stereocenters. The summed E-state index contributed by atoms with van der Waals surface area (Å²) in [5.41, 5.74) is 0. The van der Waals surface area contributed by atoms with Crippen molar-refractivity contribution in [3.05, 3.63) is 0 Å². The maximum Gasteiger partial charge on any atom is 0.472 e. The monoisotopic (exact) mass is 1270 g/mol. The van der Waals surface area contributed by atoms with Crippen LogP contribution in [0.4, 0.5) is 0 Å². The molecule has 0 heterocycles. The fourth-order valence-electron chi connectivity index (χ4n) is 10.2. The molecule has 17 nitrogen and oxygen atoms in total. The summed E-state index contributed by atoms with van der Waals surface area (Å²) < 4.78 is 68.1. The molecule has 0 radical (unpaired) electrons. The van der Waals surface area contributed by atoms with Crippen molar-refractivity contribution in [2.75, 3.05) is 39.6 Å². The molecule has 19 heteroatoms. The van der Waals surface area contributed by atoms with E-state index in [0.29, 0.717) is 25.7 Å². The summed E-state index contributed by atoms with van der Waals surface area (Å²) in [4.78, 5) is 72.3. The van der Waals surface area contributed by atoms with Gasteiger partial charge >= 0.3 is 39.5 Å². The number of hydrogen-bond donors (Lipinski definition) is 3. The van der Waals surface area contributed by atoms with Crippen molar-refractivity contribution in [1.29, 1.82) is 0 Å². The smallest absolute Gasteiger partial charge is 0.462 e. The lowest BCUT2D eigenvalue weighted by atomic mass is 10.0. The van der Waals surface area contributed by atoms with E-state index in [4.69, 9.17) is 37.0 Å². The normalized spacial score (nSPS) is 14.1. The molecule has 86 heavy (non-hydrogen) atoms. The topological polar surface area (TPSA) is 237 Å². The highest BCUT2D eigenvalue weighted by atomic mass is 31.2. The Morgan fingerprint density at radius 2 is 0.465 bits per heavy atom. The highest BCUT2D eigenvalue weighted by molar-refractivity contribution is 7.47. The molecule has 0 aromatic heterocycles. The maximum atomic E-state index is 13.0. The standard InChI is InChI=1S/C67H130O17P2/c1-5-9-13-17-21-25-28-30-32-34-37-40-44-48-52-65(70)78-58-63(84-67(72)54-50-46-42-38-35-33-31-29-26-22-18-14-10-6-2)60-82-86(75,76)80-56-61(68)55-79-85(73,74)81-59-62(57-77-64(69)51-47-43-39-24-20-16-12-8-4)83-66(71)53-49-45-41-36-27-23-19-15-11-7-3/h61-63,68H,5-60H2,1-4H3,(H,73,74)(H,75,76)/t61-,62+,63+/m0/s1. The molecule has 0 fully saturated rings. The van der Waals surface area contributed by atoms with E-state index >= 15 is 0 Å². The van der Waals surface area contributed by atoms with Crippen molar-refractivity contribution < 1.29 is 80.2 Å². The summed E-state index contributed by atoms with van der Waals surface area (Å²) in [6, 6.07) is 0. The van der Waals surface area contributed by atoms with E-state index in [2.05, 4.69) is 27.7 Å². The van der Waals surface area contributed by atoms with E-state index in [9.17, 15) is 43.2 Å². The van der Waals surface area contributed by atoms with E-state index < -0.39 is 97.5 Å². The van der Waals surface area contributed by atoms with Gasteiger partial charge in [-0.25, -0.2) is 9.13 Å². The van der Waals surface area contributed by atoms with Crippen LogP contribution < -0.4 is 0 Å². The summed E-state index contributed by atoms with van der Waals surface area (Å²) in [6.45, 7) is 4.90. The van der Waals surface area contributed by atoms with Crippen LogP contribution in [0.2, 0.25) is 0 Å². The van der Waals surface area contributed by atoms with Gasteiger partial charge in [0.1, 0.15) is 19.3 Å². The average Bonchev–Trinajstić information content (AvgIpc) is 3.65. The van der Waals surface area contributed by atoms with Gasteiger partial charge in [-0.05, 0) is 25.7 Å². The molecule has 0 aliphatic rings. The van der Waals surface area contributed by atoms with Gasteiger partial charge in [-0.1, -0.05) is 297 Å². The second-order valence-electron chi connectivity index (χ2n) is 24.2. The van der Waals surface area contributed by atoms with E-state index in [1.165, 1.54) is 173 Å². The van der Waals surface area contributed by atoms with Gasteiger partial charge in [-0.15, -0.1) is 0 Å². The number of rotatable bonds is 68. The number of hydrogen-bond acceptors (Lipinski definition) is 15.